The zero-order valence-electron chi connectivity index (χ0n) is 6.22. The van der Waals surface area contributed by atoms with Gasteiger partial charge in [0.25, 0.3) is 0 Å². The molecule has 0 aromatic heterocycles. The summed E-state index contributed by atoms with van der Waals surface area (Å²) < 4.78 is 0. The Balaban J connectivity index is 0. The summed E-state index contributed by atoms with van der Waals surface area (Å²) in [6.07, 6.45) is 0.500. The number of rotatable bonds is 2. The highest BCUT2D eigenvalue weighted by atomic mass is 16.3. The Bertz CT molecular complexity index is 53.9. The lowest BCUT2D eigenvalue weighted by atomic mass is 10.4. The minimum atomic E-state index is 0.0938. The van der Waals surface area contributed by atoms with Crippen LogP contribution in [0, 0.1) is 0 Å². The molecule has 2 N–H and O–H groups in total. The second-order valence-corrected chi connectivity index (χ2v) is 2.01. The van der Waals surface area contributed by atoms with Gasteiger partial charge < -0.3 is 10.2 Å². The van der Waals surface area contributed by atoms with Gasteiger partial charge in [-0.3, -0.25) is 0 Å². The molecule has 9 heavy (non-hydrogen) atoms. The van der Waals surface area contributed by atoms with Crippen LogP contribution in [0.15, 0.2) is 12.2 Å². The van der Waals surface area contributed by atoms with Crippen LogP contribution < -0.4 is 0 Å². The molecule has 2 nitrogen and oxygen atoms in total. The predicted octanol–water partition coefficient (Wildman–Crippen LogP) is 0.944. The molecule has 0 aliphatic carbocycles. The van der Waals surface area contributed by atoms with E-state index < -0.39 is 0 Å². The second-order valence-electron chi connectivity index (χ2n) is 2.01. The Kier molecular flexibility index (Phi) is 13.5. The summed E-state index contributed by atoms with van der Waals surface area (Å²) >= 11 is 0. The molecule has 0 amide bonds. The Morgan fingerprint density at radius 3 is 1.44 bits per heavy atom. The smallest absolute Gasteiger partial charge is 0.0452 e. The van der Waals surface area contributed by atoms with Gasteiger partial charge in [0, 0.05) is 13.2 Å². The van der Waals surface area contributed by atoms with Gasteiger partial charge in [0.2, 0.25) is 0 Å². The van der Waals surface area contributed by atoms with Crippen molar-refractivity contribution < 1.29 is 10.2 Å². The molecule has 0 spiro atoms. The van der Waals surface area contributed by atoms with Crippen molar-refractivity contribution in [2.75, 3.05) is 13.2 Å². The SMILES string of the molecule is C=C(C)C.OCCCO. The van der Waals surface area contributed by atoms with Gasteiger partial charge in [-0.15, -0.1) is 6.58 Å². The van der Waals surface area contributed by atoms with E-state index in [-0.39, 0.29) is 13.2 Å². The average Bonchev–Trinajstić information content (AvgIpc) is 1.66. The zero-order chi connectivity index (χ0) is 7.70. The standard InChI is InChI=1S/C4H8.C3H8O2/c1-4(2)3;4-2-1-3-5/h1H2,2-3H3;4-5H,1-3H2. The molecule has 0 saturated carbocycles. The van der Waals surface area contributed by atoms with Crippen molar-refractivity contribution in [3.63, 3.8) is 0 Å². The molecule has 0 fully saturated rings. The molecule has 0 aliphatic heterocycles. The van der Waals surface area contributed by atoms with E-state index in [0.717, 1.165) is 0 Å². The lowest BCUT2D eigenvalue weighted by molar-refractivity contribution is 0.221. The first-order chi connectivity index (χ1) is 4.15. The van der Waals surface area contributed by atoms with Gasteiger partial charge in [0.1, 0.15) is 0 Å². The van der Waals surface area contributed by atoms with Crippen LogP contribution in [0.2, 0.25) is 0 Å². The molecule has 0 atom stereocenters. The number of allylic oxidation sites excluding steroid dienone is 1. The molecule has 0 radical (unpaired) electrons. The van der Waals surface area contributed by atoms with Crippen molar-refractivity contribution in [2.24, 2.45) is 0 Å². The largest absolute Gasteiger partial charge is 0.396 e. The highest BCUT2D eigenvalue weighted by Gasteiger charge is 1.70. The van der Waals surface area contributed by atoms with Gasteiger partial charge in [-0.25, -0.2) is 0 Å². The molecule has 0 heterocycles. The maximum absolute atomic E-state index is 7.91. The Morgan fingerprint density at radius 2 is 1.44 bits per heavy atom. The topological polar surface area (TPSA) is 40.5 Å². The van der Waals surface area contributed by atoms with Crippen LogP contribution in [0.1, 0.15) is 20.3 Å². The lowest BCUT2D eigenvalue weighted by Gasteiger charge is -1.79. The highest BCUT2D eigenvalue weighted by molar-refractivity contribution is 4.78. The van der Waals surface area contributed by atoms with Crippen LogP contribution >= 0.6 is 0 Å². The molecule has 56 valence electrons. The molecule has 0 unspecified atom stereocenters. The minimum absolute atomic E-state index is 0.0938. The summed E-state index contributed by atoms with van der Waals surface area (Å²) in [6, 6.07) is 0. The van der Waals surface area contributed by atoms with E-state index in [1.807, 2.05) is 13.8 Å². The maximum atomic E-state index is 7.91. The monoisotopic (exact) mass is 132 g/mol. The maximum Gasteiger partial charge on any atom is 0.0452 e. The van der Waals surface area contributed by atoms with E-state index in [9.17, 15) is 0 Å². The minimum Gasteiger partial charge on any atom is -0.396 e. The molecular weight excluding hydrogens is 116 g/mol. The zero-order valence-corrected chi connectivity index (χ0v) is 6.22. The Labute approximate surface area is 56.8 Å². The van der Waals surface area contributed by atoms with E-state index >= 15 is 0 Å². The van der Waals surface area contributed by atoms with Crippen molar-refractivity contribution in [3.05, 3.63) is 12.2 Å². The molecule has 0 aliphatic rings. The lowest BCUT2D eigenvalue weighted by Crippen LogP contribution is -1.85. The number of hydrogen-bond donors (Lipinski definition) is 2. The Hall–Kier alpha value is -0.340. The van der Waals surface area contributed by atoms with E-state index in [2.05, 4.69) is 6.58 Å². The fourth-order valence-corrected chi connectivity index (χ4v) is 0.0707. The summed E-state index contributed by atoms with van der Waals surface area (Å²) in [4.78, 5) is 0. The molecule has 0 aromatic carbocycles. The van der Waals surface area contributed by atoms with Crippen molar-refractivity contribution in [2.45, 2.75) is 20.3 Å². The number of aliphatic hydroxyl groups excluding tert-OH is 2. The number of aliphatic hydroxyl groups is 2. The van der Waals surface area contributed by atoms with Crippen LogP contribution in [0.25, 0.3) is 0 Å². The third-order valence-electron chi connectivity index (χ3n) is 0.316. The molecule has 0 bridgehead atoms. The van der Waals surface area contributed by atoms with Gasteiger partial charge in [0.15, 0.2) is 0 Å². The van der Waals surface area contributed by atoms with E-state index in [1.165, 1.54) is 5.57 Å². The van der Waals surface area contributed by atoms with Crippen molar-refractivity contribution in [3.8, 4) is 0 Å². The van der Waals surface area contributed by atoms with Gasteiger partial charge in [-0.05, 0) is 20.3 Å². The van der Waals surface area contributed by atoms with E-state index in [4.69, 9.17) is 10.2 Å². The van der Waals surface area contributed by atoms with Crippen LogP contribution in [0.3, 0.4) is 0 Å². The second kappa shape index (κ2) is 10.6. The van der Waals surface area contributed by atoms with Crippen LogP contribution in [0.4, 0.5) is 0 Å². The molecular formula is C7H16O2. The van der Waals surface area contributed by atoms with Gasteiger partial charge in [0.05, 0.1) is 0 Å². The van der Waals surface area contributed by atoms with Crippen LogP contribution in [0.5, 0.6) is 0 Å². The first-order valence-electron chi connectivity index (χ1n) is 2.99. The third kappa shape index (κ3) is 89.1. The first-order valence-corrected chi connectivity index (χ1v) is 2.99. The summed E-state index contributed by atoms with van der Waals surface area (Å²) in [5.41, 5.74) is 1.17. The van der Waals surface area contributed by atoms with E-state index in [1.54, 1.807) is 0 Å². The fourth-order valence-electron chi connectivity index (χ4n) is 0.0707. The third-order valence-corrected chi connectivity index (χ3v) is 0.316. The fraction of sp³-hybridized carbons (Fsp3) is 0.714. The molecule has 0 aromatic rings. The first kappa shape index (κ1) is 11.5. The van der Waals surface area contributed by atoms with Crippen molar-refractivity contribution in [1.29, 1.82) is 0 Å². The van der Waals surface area contributed by atoms with Gasteiger partial charge in [-0.1, -0.05) is 5.57 Å². The molecule has 0 rings (SSSR count). The van der Waals surface area contributed by atoms with Crippen molar-refractivity contribution >= 4 is 0 Å². The quantitative estimate of drug-likeness (QED) is 0.549. The van der Waals surface area contributed by atoms with Gasteiger partial charge in [-0.2, -0.15) is 0 Å². The Morgan fingerprint density at radius 1 is 1.22 bits per heavy atom. The van der Waals surface area contributed by atoms with E-state index in [0.29, 0.717) is 6.42 Å². The van der Waals surface area contributed by atoms with Crippen LogP contribution in [-0.4, -0.2) is 23.4 Å². The molecule has 2 heteroatoms. The summed E-state index contributed by atoms with van der Waals surface area (Å²) in [7, 11) is 0. The summed E-state index contributed by atoms with van der Waals surface area (Å²) in [6.45, 7) is 7.69. The highest BCUT2D eigenvalue weighted by Crippen LogP contribution is 1.73. The normalized spacial score (nSPS) is 7.56. The van der Waals surface area contributed by atoms with Crippen molar-refractivity contribution in [1.82, 2.24) is 0 Å². The van der Waals surface area contributed by atoms with Crippen LogP contribution in [-0.2, 0) is 0 Å². The summed E-state index contributed by atoms with van der Waals surface area (Å²) in [5, 5.41) is 15.8. The summed E-state index contributed by atoms with van der Waals surface area (Å²) in [5.74, 6) is 0. The number of hydrogen-bond acceptors (Lipinski definition) is 2. The average molecular weight is 132 g/mol. The molecule has 0 saturated heterocycles. The predicted molar refractivity (Wildman–Crippen MR) is 39.3 cm³/mol. The van der Waals surface area contributed by atoms with Gasteiger partial charge >= 0.3 is 0 Å².